The van der Waals surface area contributed by atoms with Crippen LogP contribution in [0.1, 0.15) is 52.7 Å². The van der Waals surface area contributed by atoms with E-state index in [1.807, 2.05) is 12.3 Å². The number of nitrogens with one attached hydrogen (secondary N) is 1. The van der Waals surface area contributed by atoms with E-state index in [0.29, 0.717) is 16.9 Å². The summed E-state index contributed by atoms with van der Waals surface area (Å²) in [4.78, 5) is 4.38. The molecule has 0 saturated heterocycles. The van der Waals surface area contributed by atoms with Gasteiger partial charge < -0.3 is 5.32 Å². The lowest BCUT2D eigenvalue weighted by molar-refractivity contribution is 0.0854. The number of aromatic nitrogens is 1. The van der Waals surface area contributed by atoms with Crippen LogP contribution >= 0.6 is 0 Å². The predicted octanol–water partition coefficient (Wildman–Crippen LogP) is 3.82. The maximum Gasteiger partial charge on any atom is 0.0416 e. The largest absolute Gasteiger partial charge is 0.314 e. The van der Waals surface area contributed by atoms with Gasteiger partial charge in [0.25, 0.3) is 0 Å². The molecule has 2 nitrogen and oxygen atoms in total. The molecule has 1 heterocycles. The zero-order chi connectivity index (χ0) is 13.9. The van der Waals surface area contributed by atoms with Crippen LogP contribution in [0.4, 0.5) is 0 Å². The third-order valence-electron chi connectivity index (χ3n) is 4.10. The fourth-order valence-corrected chi connectivity index (χ4v) is 3.94. The van der Waals surface area contributed by atoms with Crippen molar-refractivity contribution in [1.29, 1.82) is 0 Å². The number of pyridine rings is 1. The molecule has 1 aliphatic carbocycles. The first kappa shape index (κ1) is 14.5. The van der Waals surface area contributed by atoms with Crippen LogP contribution in [0.2, 0.25) is 0 Å². The molecule has 1 saturated carbocycles. The van der Waals surface area contributed by atoms with Gasteiger partial charge in [-0.2, -0.15) is 0 Å². The van der Waals surface area contributed by atoms with Crippen molar-refractivity contribution in [1.82, 2.24) is 10.3 Å². The Balaban J connectivity index is 1.82. The second-order valence-corrected chi connectivity index (χ2v) is 7.64. The summed E-state index contributed by atoms with van der Waals surface area (Å²) in [5, 5.41) is 3.74. The Morgan fingerprint density at radius 2 is 1.84 bits per heavy atom. The van der Waals surface area contributed by atoms with Crippen molar-refractivity contribution in [2.24, 2.45) is 10.8 Å². The van der Waals surface area contributed by atoms with Gasteiger partial charge in [-0.25, -0.2) is 0 Å². The third-order valence-corrected chi connectivity index (χ3v) is 4.10. The first-order chi connectivity index (χ1) is 8.86. The highest BCUT2D eigenvalue weighted by atomic mass is 14.9. The molecule has 0 aliphatic heterocycles. The lowest BCUT2D eigenvalue weighted by atomic mass is 9.63. The summed E-state index contributed by atoms with van der Waals surface area (Å²) in [6, 6.07) is 6.80. The molecule has 1 aromatic heterocycles. The average molecular weight is 260 g/mol. The van der Waals surface area contributed by atoms with E-state index in [2.05, 4.69) is 50.1 Å². The van der Waals surface area contributed by atoms with Gasteiger partial charge in [0.2, 0.25) is 0 Å². The van der Waals surface area contributed by atoms with Crippen LogP contribution in [0.3, 0.4) is 0 Å². The van der Waals surface area contributed by atoms with Gasteiger partial charge in [0.15, 0.2) is 0 Å². The summed E-state index contributed by atoms with van der Waals surface area (Å²) in [7, 11) is 0. The molecule has 19 heavy (non-hydrogen) atoms. The second-order valence-electron chi connectivity index (χ2n) is 7.64. The van der Waals surface area contributed by atoms with Crippen molar-refractivity contribution in [3.05, 3.63) is 30.1 Å². The van der Waals surface area contributed by atoms with E-state index >= 15 is 0 Å². The van der Waals surface area contributed by atoms with Crippen LogP contribution in [0.5, 0.6) is 0 Å². The monoisotopic (exact) mass is 260 g/mol. The van der Waals surface area contributed by atoms with E-state index in [0.717, 1.165) is 13.0 Å². The van der Waals surface area contributed by atoms with Gasteiger partial charge in [0.1, 0.15) is 0 Å². The van der Waals surface area contributed by atoms with E-state index in [-0.39, 0.29) is 0 Å². The SMILES string of the molecule is CC1(C)CC(NCCc2ccccn2)CC(C)(C)C1. The Morgan fingerprint density at radius 3 is 2.42 bits per heavy atom. The quantitative estimate of drug-likeness (QED) is 0.890. The molecule has 1 fully saturated rings. The zero-order valence-corrected chi connectivity index (χ0v) is 12.9. The first-order valence-electron chi connectivity index (χ1n) is 7.50. The van der Waals surface area contributed by atoms with E-state index in [1.165, 1.54) is 25.0 Å². The van der Waals surface area contributed by atoms with Gasteiger partial charge in [-0.15, -0.1) is 0 Å². The molecule has 1 aliphatic rings. The van der Waals surface area contributed by atoms with Gasteiger partial charge in [0.05, 0.1) is 0 Å². The van der Waals surface area contributed by atoms with Crippen LogP contribution in [-0.2, 0) is 6.42 Å². The minimum atomic E-state index is 0.463. The van der Waals surface area contributed by atoms with Crippen LogP contribution in [0.15, 0.2) is 24.4 Å². The van der Waals surface area contributed by atoms with E-state index in [4.69, 9.17) is 0 Å². The molecule has 1 aromatic rings. The molecule has 0 radical (unpaired) electrons. The highest BCUT2D eigenvalue weighted by Crippen LogP contribution is 2.45. The smallest absolute Gasteiger partial charge is 0.0416 e. The minimum Gasteiger partial charge on any atom is -0.314 e. The van der Waals surface area contributed by atoms with Crippen LogP contribution in [-0.4, -0.2) is 17.6 Å². The van der Waals surface area contributed by atoms with Crippen molar-refractivity contribution in [2.45, 2.75) is 59.4 Å². The normalized spacial score (nSPS) is 22.3. The van der Waals surface area contributed by atoms with Crippen LogP contribution in [0.25, 0.3) is 0 Å². The Hall–Kier alpha value is -0.890. The fraction of sp³-hybridized carbons (Fsp3) is 0.706. The summed E-state index contributed by atoms with van der Waals surface area (Å²) >= 11 is 0. The van der Waals surface area contributed by atoms with Crippen LogP contribution in [0, 0.1) is 10.8 Å². The standard InChI is InChI=1S/C17H28N2/c1-16(2)11-15(12-17(3,4)13-16)19-10-8-14-7-5-6-9-18-14/h5-7,9,15,19H,8,10-13H2,1-4H3. The number of hydrogen-bond donors (Lipinski definition) is 1. The fourth-order valence-electron chi connectivity index (χ4n) is 3.94. The van der Waals surface area contributed by atoms with Gasteiger partial charge in [-0.1, -0.05) is 33.8 Å². The predicted molar refractivity (Wildman–Crippen MR) is 81.1 cm³/mol. The summed E-state index contributed by atoms with van der Waals surface area (Å²) in [6.07, 6.45) is 6.82. The molecule has 0 atom stereocenters. The highest BCUT2D eigenvalue weighted by Gasteiger charge is 2.37. The summed E-state index contributed by atoms with van der Waals surface area (Å²) in [5.74, 6) is 0. The van der Waals surface area contributed by atoms with E-state index in [9.17, 15) is 0 Å². The first-order valence-corrected chi connectivity index (χ1v) is 7.50. The van der Waals surface area contributed by atoms with Crippen molar-refractivity contribution in [3.8, 4) is 0 Å². The minimum absolute atomic E-state index is 0.463. The summed E-state index contributed by atoms with van der Waals surface area (Å²) < 4.78 is 0. The van der Waals surface area contributed by atoms with Crippen LogP contribution < -0.4 is 5.32 Å². The Bertz CT molecular complexity index is 379. The molecule has 0 unspecified atom stereocenters. The Morgan fingerprint density at radius 1 is 1.16 bits per heavy atom. The summed E-state index contributed by atoms with van der Waals surface area (Å²) in [5.41, 5.74) is 2.11. The van der Waals surface area contributed by atoms with Crippen molar-refractivity contribution in [3.63, 3.8) is 0 Å². The molecular formula is C17H28N2. The Labute approximate surface area is 118 Å². The molecule has 0 aromatic carbocycles. The van der Waals surface area contributed by atoms with Gasteiger partial charge in [-0.05, 0) is 42.2 Å². The number of hydrogen-bond acceptors (Lipinski definition) is 2. The number of rotatable bonds is 4. The second kappa shape index (κ2) is 5.62. The molecular weight excluding hydrogens is 232 g/mol. The lowest BCUT2D eigenvalue weighted by Gasteiger charge is -2.45. The van der Waals surface area contributed by atoms with Crippen molar-refractivity contribution >= 4 is 0 Å². The molecule has 2 heteroatoms. The van der Waals surface area contributed by atoms with E-state index < -0.39 is 0 Å². The molecule has 0 spiro atoms. The molecule has 1 N–H and O–H groups in total. The van der Waals surface area contributed by atoms with Crippen molar-refractivity contribution in [2.75, 3.05) is 6.54 Å². The molecule has 0 amide bonds. The topological polar surface area (TPSA) is 24.9 Å². The highest BCUT2D eigenvalue weighted by molar-refractivity contribution is 5.04. The maximum absolute atomic E-state index is 4.38. The average Bonchev–Trinajstić information content (AvgIpc) is 2.26. The van der Waals surface area contributed by atoms with Gasteiger partial charge in [0, 0.05) is 30.9 Å². The molecule has 106 valence electrons. The van der Waals surface area contributed by atoms with Gasteiger partial charge >= 0.3 is 0 Å². The van der Waals surface area contributed by atoms with E-state index in [1.54, 1.807) is 0 Å². The maximum atomic E-state index is 4.38. The van der Waals surface area contributed by atoms with Gasteiger partial charge in [-0.3, -0.25) is 4.98 Å². The molecule has 2 rings (SSSR count). The number of nitrogens with zero attached hydrogens (tertiary/aromatic N) is 1. The third kappa shape index (κ3) is 4.61. The summed E-state index contributed by atoms with van der Waals surface area (Å²) in [6.45, 7) is 10.7. The molecule has 0 bridgehead atoms. The zero-order valence-electron chi connectivity index (χ0n) is 12.9. The van der Waals surface area contributed by atoms with Crippen molar-refractivity contribution < 1.29 is 0 Å². The Kier molecular flexibility index (Phi) is 4.29. The lowest BCUT2D eigenvalue weighted by Crippen LogP contribution is -2.44.